The lowest BCUT2D eigenvalue weighted by atomic mass is 9.76. The molecule has 1 unspecified atom stereocenters. The molecule has 6 heteroatoms. The van der Waals surface area contributed by atoms with Crippen molar-refractivity contribution in [2.45, 2.75) is 58.3 Å². The van der Waals surface area contributed by atoms with Crippen molar-refractivity contribution in [1.82, 2.24) is 15.0 Å². The quantitative estimate of drug-likeness (QED) is 0.771. The number of piperidine rings is 1. The molecule has 130 valence electrons. The summed E-state index contributed by atoms with van der Waals surface area (Å²) in [4.78, 5) is 19.3. The summed E-state index contributed by atoms with van der Waals surface area (Å²) in [5.41, 5.74) is -0.256. The van der Waals surface area contributed by atoms with Crippen LogP contribution < -0.4 is 0 Å². The van der Waals surface area contributed by atoms with E-state index < -0.39 is 0 Å². The lowest BCUT2D eigenvalue weighted by Crippen LogP contribution is -2.51. The Labute approximate surface area is 138 Å². The van der Waals surface area contributed by atoms with Gasteiger partial charge in [-0.3, -0.25) is 4.79 Å². The van der Waals surface area contributed by atoms with Crippen molar-refractivity contribution in [3.63, 3.8) is 0 Å². The highest BCUT2D eigenvalue weighted by atomic mass is 16.5. The van der Waals surface area contributed by atoms with Gasteiger partial charge >= 0.3 is 0 Å². The molecule has 0 spiro atoms. The first-order valence-corrected chi connectivity index (χ1v) is 8.64. The van der Waals surface area contributed by atoms with E-state index in [1.807, 2.05) is 4.90 Å². The number of amides is 1. The molecule has 0 N–H and O–H groups in total. The number of hydrogen-bond donors (Lipinski definition) is 0. The highest BCUT2D eigenvalue weighted by Crippen LogP contribution is 2.36. The predicted molar refractivity (Wildman–Crippen MR) is 87.1 cm³/mol. The second-order valence-corrected chi connectivity index (χ2v) is 6.54. The number of carbonyl (C=O) groups is 1. The third kappa shape index (κ3) is 3.91. The lowest BCUT2D eigenvalue weighted by molar-refractivity contribution is -0.138. The SMILES string of the molecule is CCC(CC)C(=O)N1CCCC(CCOC)(c2noc(C)n2)C1. The molecule has 1 saturated heterocycles. The minimum absolute atomic E-state index is 0.111. The number of nitrogens with zero attached hydrogens (tertiary/aromatic N) is 3. The molecule has 0 saturated carbocycles. The fourth-order valence-corrected chi connectivity index (χ4v) is 3.53. The summed E-state index contributed by atoms with van der Waals surface area (Å²) in [6.07, 6.45) is 4.50. The van der Waals surface area contributed by atoms with Crippen LogP contribution in [0.2, 0.25) is 0 Å². The van der Waals surface area contributed by atoms with Gasteiger partial charge in [-0.1, -0.05) is 19.0 Å². The molecule has 6 nitrogen and oxygen atoms in total. The van der Waals surface area contributed by atoms with Crippen LogP contribution in [0.15, 0.2) is 4.52 Å². The summed E-state index contributed by atoms with van der Waals surface area (Å²) in [6, 6.07) is 0. The van der Waals surface area contributed by atoms with Crippen molar-refractivity contribution in [2.75, 3.05) is 26.8 Å². The Hall–Kier alpha value is -1.43. The zero-order valence-corrected chi connectivity index (χ0v) is 14.8. The predicted octanol–water partition coefficient (Wildman–Crippen LogP) is 2.71. The van der Waals surface area contributed by atoms with Gasteiger partial charge in [0.25, 0.3) is 0 Å². The molecule has 0 bridgehead atoms. The van der Waals surface area contributed by atoms with Gasteiger partial charge in [-0.25, -0.2) is 0 Å². The summed E-state index contributed by atoms with van der Waals surface area (Å²) in [6.45, 7) is 8.07. The number of ether oxygens (including phenoxy) is 1. The van der Waals surface area contributed by atoms with Crippen LogP contribution in [0.5, 0.6) is 0 Å². The van der Waals surface area contributed by atoms with Crippen LogP contribution in [0.1, 0.15) is 57.7 Å². The first kappa shape index (κ1) is 17.9. The highest BCUT2D eigenvalue weighted by Gasteiger charge is 2.42. The number of aryl methyl sites for hydroxylation is 1. The molecule has 2 heterocycles. The molecule has 1 aliphatic heterocycles. The number of hydrogen-bond acceptors (Lipinski definition) is 5. The topological polar surface area (TPSA) is 68.5 Å². The van der Waals surface area contributed by atoms with Crippen LogP contribution in [-0.2, 0) is 14.9 Å². The number of methoxy groups -OCH3 is 1. The second kappa shape index (κ2) is 7.90. The van der Waals surface area contributed by atoms with Crippen molar-refractivity contribution in [3.8, 4) is 0 Å². The minimum Gasteiger partial charge on any atom is -0.385 e. The van der Waals surface area contributed by atoms with Gasteiger partial charge in [0.05, 0.1) is 5.41 Å². The van der Waals surface area contributed by atoms with Crippen LogP contribution in [-0.4, -0.2) is 47.8 Å². The van der Waals surface area contributed by atoms with Gasteiger partial charge in [0.1, 0.15) is 0 Å². The summed E-state index contributed by atoms with van der Waals surface area (Å²) in [5.74, 6) is 1.66. The molecule has 0 radical (unpaired) electrons. The summed E-state index contributed by atoms with van der Waals surface area (Å²) < 4.78 is 10.5. The van der Waals surface area contributed by atoms with E-state index in [1.54, 1.807) is 14.0 Å². The van der Waals surface area contributed by atoms with Crippen molar-refractivity contribution in [2.24, 2.45) is 5.92 Å². The Morgan fingerprint density at radius 3 is 2.74 bits per heavy atom. The Morgan fingerprint density at radius 1 is 1.43 bits per heavy atom. The standard InChI is InChI=1S/C17H29N3O3/c1-5-14(6-2)15(21)20-10-7-8-17(12-20,9-11-22-4)16-18-13(3)23-19-16/h14H,5-12H2,1-4H3. The largest absolute Gasteiger partial charge is 0.385 e. The Bertz CT molecular complexity index is 513. The second-order valence-electron chi connectivity index (χ2n) is 6.54. The summed E-state index contributed by atoms with van der Waals surface area (Å²) in [5, 5.41) is 4.16. The number of rotatable bonds is 7. The molecule has 1 aromatic rings. The van der Waals surface area contributed by atoms with Gasteiger partial charge < -0.3 is 14.2 Å². The fraction of sp³-hybridized carbons (Fsp3) is 0.824. The number of carbonyl (C=O) groups excluding carboxylic acids is 1. The molecule has 23 heavy (non-hydrogen) atoms. The molecule has 1 fully saturated rings. The molecular formula is C17H29N3O3. The van der Waals surface area contributed by atoms with E-state index in [1.165, 1.54) is 0 Å². The third-order valence-electron chi connectivity index (χ3n) is 5.01. The molecule has 1 aromatic heterocycles. The molecule has 0 aromatic carbocycles. The molecule has 1 amide bonds. The Morgan fingerprint density at radius 2 is 2.17 bits per heavy atom. The monoisotopic (exact) mass is 323 g/mol. The third-order valence-corrected chi connectivity index (χ3v) is 5.01. The van der Waals surface area contributed by atoms with E-state index in [9.17, 15) is 4.79 Å². The lowest BCUT2D eigenvalue weighted by Gasteiger charge is -2.42. The van der Waals surface area contributed by atoms with Gasteiger partial charge in [-0.15, -0.1) is 0 Å². The Kier molecular flexibility index (Phi) is 6.16. The van der Waals surface area contributed by atoms with E-state index >= 15 is 0 Å². The van der Waals surface area contributed by atoms with Crippen LogP contribution >= 0.6 is 0 Å². The highest BCUT2D eigenvalue weighted by molar-refractivity contribution is 5.79. The van der Waals surface area contributed by atoms with E-state index in [0.717, 1.165) is 38.6 Å². The minimum atomic E-state index is -0.256. The van der Waals surface area contributed by atoms with Gasteiger partial charge in [-0.2, -0.15) is 4.98 Å². The molecule has 0 aliphatic carbocycles. The average molecular weight is 323 g/mol. The number of aromatic nitrogens is 2. The van der Waals surface area contributed by atoms with Crippen LogP contribution in [0.3, 0.4) is 0 Å². The first-order valence-electron chi connectivity index (χ1n) is 8.64. The molecule has 1 aliphatic rings. The normalized spacial score (nSPS) is 21.9. The van der Waals surface area contributed by atoms with E-state index in [0.29, 0.717) is 24.9 Å². The van der Waals surface area contributed by atoms with E-state index in [2.05, 4.69) is 24.0 Å². The van der Waals surface area contributed by atoms with Gasteiger partial charge in [0, 0.05) is 39.6 Å². The van der Waals surface area contributed by atoms with Crippen molar-refractivity contribution in [3.05, 3.63) is 11.7 Å². The Balaban J connectivity index is 2.23. The zero-order valence-electron chi connectivity index (χ0n) is 14.8. The maximum Gasteiger partial charge on any atom is 0.225 e. The first-order chi connectivity index (χ1) is 11.1. The summed E-state index contributed by atoms with van der Waals surface area (Å²) in [7, 11) is 1.70. The van der Waals surface area contributed by atoms with E-state index in [4.69, 9.17) is 9.26 Å². The van der Waals surface area contributed by atoms with Crippen molar-refractivity contribution >= 4 is 5.91 Å². The van der Waals surface area contributed by atoms with Crippen LogP contribution in [0.25, 0.3) is 0 Å². The van der Waals surface area contributed by atoms with Gasteiger partial charge in [-0.05, 0) is 32.1 Å². The summed E-state index contributed by atoms with van der Waals surface area (Å²) >= 11 is 0. The van der Waals surface area contributed by atoms with Crippen molar-refractivity contribution < 1.29 is 14.1 Å². The maximum atomic E-state index is 12.8. The van der Waals surface area contributed by atoms with Crippen LogP contribution in [0, 0.1) is 12.8 Å². The van der Waals surface area contributed by atoms with Crippen molar-refractivity contribution in [1.29, 1.82) is 0 Å². The smallest absolute Gasteiger partial charge is 0.225 e. The number of likely N-dealkylation sites (tertiary alicyclic amines) is 1. The zero-order chi connectivity index (χ0) is 16.9. The molecule has 2 rings (SSSR count). The van der Waals surface area contributed by atoms with Gasteiger partial charge in [0.15, 0.2) is 5.82 Å². The molecule has 1 atom stereocenters. The average Bonchev–Trinajstić information content (AvgIpc) is 3.01. The maximum absolute atomic E-state index is 12.8. The van der Waals surface area contributed by atoms with Gasteiger partial charge in [0.2, 0.25) is 11.8 Å². The van der Waals surface area contributed by atoms with E-state index in [-0.39, 0.29) is 17.2 Å². The molecular weight excluding hydrogens is 294 g/mol. The fourth-order valence-electron chi connectivity index (χ4n) is 3.53. The van der Waals surface area contributed by atoms with Crippen LogP contribution in [0.4, 0.5) is 0 Å².